The number of ether oxygens (including phenoxy) is 1. The van der Waals surface area contributed by atoms with E-state index in [1.807, 2.05) is 49.4 Å². The van der Waals surface area contributed by atoms with Gasteiger partial charge in [-0.2, -0.15) is 0 Å². The molecule has 1 aliphatic heterocycles. The lowest BCUT2D eigenvalue weighted by molar-refractivity contribution is -0.122. The molecular formula is C19H17ClN2O2S. The minimum absolute atomic E-state index is 0.0563. The normalized spacial score (nSPS) is 17.6. The van der Waals surface area contributed by atoms with Crippen molar-refractivity contribution in [3.05, 3.63) is 64.0 Å². The van der Waals surface area contributed by atoms with E-state index in [4.69, 9.17) is 16.3 Å². The van der Waals surface area contributed by atoms with Crippen LogP contribution in [-0.4, -0.2) is 29.6 Å². The Morgan fingerprint density at radius 1 is 1.24 bits per heavy atom. The number of aliphatic imine (C=N–C) groups is 1. The van der Waals surface area contributed by atoms with Gasteiger partial charge in [0.15, 0.2) is 5.17 Å². The van der Waals surface area contributed by atoms with Gasteiger partial charge in [0.05, 0.1) is 17.7 Å². The predicted molar refractivity (Wildman–Crippen MR) is 104 cm³/mol. The number of thioether (sulfide) groups is 1. The Balaban J connectivity index is 1.96. The van der Waals surface area contributed by atoms with Crippen molar-refractivity contribution in [2.75, 3.05) is 13.7 Å². The van der Waals surface area contributed by atoms with Crippen molar-refractivity contribution in [2.45, 2.75) is 6.92 Å². The molecule has 0 saturated carbocycles. The molecule has 2 aromatic carbocycles. The topological polar surface area (TPSA) is 41.9 Å². The molecule has 1 fully saturated rings. The van der Waals surface area contributed by atoms with Crippen molar-refractivity contribution in [1.29, 1.82) is 0 Å². The van der Waals surface area contributed by atoms with Crippen LogP contribution < -0.4 is 4.74 Å². The Morgan fingerprint density at radius 3 is 2.76 bits per heavy atom. The van der Waals surface area contributed by atoms with Crippen molar-refractivity contribution < 1.29 is 9.53 Å². The quantitative estimate of drug-likeness (QED) is 0.711. The third kappa shape index (κ3) is 3.89. The predicted octanol–water partition coefficient (Wildman–Crippen LogP) is 4.97. The molecule has 128 valence electrons. The Hall–Kier alpha value is -2.24. The van der Waals surface area contributed by atoms with Crippen molar-refractivity contribution in [1.82, 2.24) is 4.90 Å². The molecule has 0 unspecified atom stereocenters. The number of para-hydroxylation sites is 1. The number of rotatable bonds is 4. The van der Waals surface area contributed by atoms with Crippen molar-refractivity contribution in [2.24, 2.45) is 4.99 Å². The smallest absolute Gasteiger partial charge is 0.266 e. The second kappa shape index (κ2) is 7.76. The summed E-state index contributed by atoms with van der Waals surface area (Å²) in [6.45, 7) is 2.48. The summed E-state index contributed by atoms with van der Waals surface area (Å²) >= 11 is 7.37. The number of hydrogen-bond donors (Lipinski definition) is 0. The van der Waals surface area contributed by atoms with Gasteiger partial charge in [0.1, 0.15) is 5.75 Å². The van der Waals surface area contributed by atoms with Crippen LogP contribution in [-0.2, 0) is 4.79 Å². The van der Waals surface area contributed by atoms with Crippen LogP contribution in [0.5, 0.6) is 5.75 Å². The molecule has 1 heterocycles. The van der Waals surface area contributed by atoms with Gasteiger partial charge in [0.25, 0.3) is 5.91 Å². The van der Waals surface area contributed by atoms with E-state index < -0.39 is 0 Å². The second-order valence-corrected chi connectivity index (χ2v) is 6.72. The first kappa shape index (κ1) is 17.6. The summed E-state index contributed by atoms with van der Waals surface area (Å²) in [5, 5.41) is 1.26. The maximum Gasteiger partial charge on any atom is 0.266 e. The number of amidine groups is 1. The van der Waals surface area contributed by atoms with E-state index in [1.54, 1.807) is 24.1 Å². The second-order valence-electron chi connectivity index (χ2n) is 5.28. The molecule has 0 N–H and O–H groups in total. The number of hydrogen-bond acceptors (Lipinski definition) is 4. The monoisotopic (exact) mass is 372 g/mol. The molecular weight excluding hydrogens is 356 g/mol. The van der Waals surface area contributed by atoms with Crippen LogP contribution in [0.25, 0.3) is 6.08 Å². The highest BCUT2D eigenvalue weighted by Gasteiger charge is 2.32. The fourth-order valence-corrected chi connectivity index (χ4v) is 3.69. The Morgan fingerprint density at radius 2 is 2.04 bits per heavy atom. The lowest BCUT2D eigenvalue weighted by Gasteiger charge is -2.12. The number of carbonyl (C=O) groups is 1. The van der Waals surface area contributed by atoms with Crippen LogP contribution >= 0.6 is 23.4 Å². The molecule has 0 atom stereocenters. The van der Waals surface area contributed by atoms with Gasteiger partial charge >= 0.3 is 0 Å². The first-order valence-electron chi connectivity index (χ1n) is 7.81. The highest BCUT2D eigenvalue weighted by molar-refractivity contribution is 8.18. The SMILES string of the molecule is CCN1C(=O)/C(=C\c2ccccc2OC)SC1=Nc1cccc(Cl)c1. The van der Waals surface area contributed by atoms with E-state index in [0.717, 1.165) is 17.0 Å². The number of benzene rings is 2. The van der Waals surface area contributed by atoms with Gasteiger partial charge in [-0.1, -0.05) is 35.9 Å². The van der Waals surface area contributed by atoms with Crippen LogP contribution in [0.2, 0.25) is 5.02 Å². The number of likely N-dealkylation sites (N-methyl/N-ethyl adjacent to an activating group) is 1. The Bertz CT molecular complexity index is 864. The summed E-state index contributed by atoms with van der Waals surface area (Å²) in [7, 11) is 1.62. The zero-order valence-corrected chi connectivity index (χ0v) is 15.5. The summed E-state index contributed by atoms with van der Waals surface area (Å²) in [6.07, 6.45) is 1.84. The maximum atomic E-state index is 12.7. The highest BCUT2D eigenvalue weighted by atomic mass is 35.5. The lowest BCUT2D eigenvalue weighted by atomic mass is 10.2. The molecule has 1 amide bonds. The fourth-order valence-electron chi connectivity index (χ4n) is 2.45. The van der Waals surface area contributed by atoms with Crippen LogP contribution in [0, 0.1) is 0 Å². The summed E-state index contributed by atoms with van der Waals surface area (Å²) in [6, 6.07) is 14.9. The molecule has 1 aliphatic rings. The average molecular weight is 373 g/mol. The Labute approximate surface area is 156 Å². The summed E-state index contributed by atoms with van der Waals surface area (Å²) in [5.74, 6) is 0.672. The standard InChI is InChI=1S/C19H17ClN2O2S/c1-3-22-18(23)17(11-13-7-4-5-10-16(13)24-2)25-19(22)21-15-9-6-8-14(20)12-15/h4-12H,3H2,1-2H3/b17-11+,21-19?. The lowest BCUT2D eigenvalue weighted by Crippen LogP contribution is -2.28. The zero-order chi connectivity index (χ0) is 17.8. The molecule has 1 saturated heterocycles. The van der Waals surface area contributed by atoms with Gasteiger partial charge < -0.3 is 4.74 Å². The zero-order valence-electron chi connectivity index (χ0n) is 13.9. The molecule has 3 rings (SSSR count). The number of halogens is 1. The van der Waals surface area contributed by atoms with Crippen LogP contribution in [0.1, 0.15) is 12.5 Å². The molecule has 6 heteroatoms. The van der Waals surface area contributed by atoms with Crippen LogP contribution in [0.4, 0.5) is 5.69 Å². The minimum Gasteiger partial charge on any atom is -0.496 e. The van der Waals surface area contributed by atoms with Gasteiger partial charge in [-0.3, -0.25) is 9.69 Å². The summed E-state index contributed by atoms with van der Waals surface area (Å²) in [4.78, 5) is 19.6. The van der Waals surface area contributed by atoms with Crippen molar-refractivity contribution in [3.8, 4) is 5.75 Å². The molecule has 0 spiro atoms. The van der Waals surface area contributed by atoms with Crippen molar-refractivity contribution in [3.63, 3.8) is 0 Å². The molecule has 0 aromatic heterocycles. The van der Waals surface area contributed by atoms with Gasteiger partial charge in [-0.15, -0.1) is 0 Å². The largest absolute Gasteiger partial charge is 0.496 e. The van der Waals surface area contributed by atoms with E-state index in [2.05, 4.69) is 4.99 Å². The van der Waals surface area contributed by atoms with Gasteiger partial charge in [-0.05, 0) is 49.0 Å². The molecule has 0 aliphatic carbocycles. The molecule has 0 bridgehead atoms. The first-order valence-corrected chi connectivity index (χ1v) is 9.00. The Kier molecular flexibility index (Phi) is 5.46. The molecule has 0 radical (unpaired) electrons. The van der Waals surface area contributed by atoms with Gasteiger partial charge in [0, 0.05) is 17.1 Å². The maximum absolute atomic E-state index is 12.7. The highest BCUT2D eigenvalue weighted by Crippen LogP contribution is 2.35. The van der Waals surface area contributed by atoms with E-state index in [0.29, 0.717) is 21.6 Å². The number of carbonyl (C=O) groups excluding carboxylic acids is 1. The van der Waals surface area contributed by atoms with E-state index in [1.165, 1.54) is 11.8 Å². The third-order valence-corrected chi connectivity index (χ3v) is 4.90. The number of nitrogens with zero attached hydrogens (tertiary/aromatic N) is 2. The van der Waals surface area contributed by atoms with E-state index in [9.17, 15) is 4.79 Å². The molecule has 2 aromatic rings. The van der Waals surface area contributed by atoms with Crippen LogP contribution in [0.3, 0.4) is 0 Å². The fraction of sp³-hybridized carbons (Fsp3) is 0.158. The summed E-state index contributed by atoms with van der Waals surface area (Å²) in [5.41, 5.74) is 1.58. The minimum atomic E-state index is -0.0563. The molecule has 25 heavy (non-hydrogen) atoms. The van der Waals surface area contributed by atoms with E-state index in [-0.39, 0.29) is 5.91 Å². The third-order valence-electron chi connectivity index (χ3n) is 3.66. The average Bonchev–Trinajstić information content (AvgIpc) is 2.90. The summed E-state index contributed by atoms with van der Waals surface area (Å²) < 4.78 is 5.36. The van der Waals surface area contributed by atoms with Gasteiger partial charge in [0.2, 0.25) is 0 Å². The van der Waals surface area contributed by atoms with Gasteiger partial charge in [-0.25, -0.2) is 4.99 Å². The molecule has 4 nitrogen and oxygen atoms in total. The number of amides is 1. The van der Waals surface area contributed by atoms with Crippen molar-refractivity contribution >= 4 is 46.2 Å². The van der Waals surface area contributed by atoms with Crippen LogP contribution in [0.15, 0.2) is 58.4 Å². The number of methoxy groups -OCH3 is 1. The first-order chi connectivity index (χ1) is 12.1. The van der Waals surface area contributed by atoms with E-state index >= 15 is 0 Å².